The molecule has 1 aliphatic rings. The van der Waals surface area contributed by atoms with Gasteiger partial charge in [0.05, 0.1) is 32.3 Å². The third kappa shape index (κ3) is 4.73. The molecule has 212 valence electrons. The van der Waals surface area contributed by atoms with Gasteiger partial charge < -0.3 is 19.1 Å². The van der Waals surface area contributed by atoms with Crippen molar-refractivity contribution in [3.63, 3.8) is 0 Å². The Labute approximate surface area is 252 Å². The second-order valence-corrected chi connectivity index (χ2v) is 10.7. The van der Waals surface area contributed by atoms with Crippen molar-refractivity contribution in [3.8, 4) is 39.6 Å². The summed E-state index contributed by atoms with van der Waals surface area (Å²) in [4.78, 5) is 2.27. The lowest BCUT2D eigenvalue weighted by atomic mass is 9.91. The predicted molar refractivity (Wildman–Crippen MR) is 173 cm³/mol. The molecule has 0 spiro atoms. The van der Waals surface area contributed by atoms with Crippen molar-refractivity contribution in [2.75, 3.05) is 26.2 Å². The Kier molecular flexibility index (Phi) is 6.92. The van der Waals surface area contributed by atoms with Gasteiger partial charge in [0.25, 0.3) is 0 Å². The average molecular weight is 566 g/mol. The number of fused-ring (bicyclic) bond motifs is 4. The molecule has 0 aliphatic carbocycles. The summed E-state index contributed by atoms with van der Waals surface area (Å²) in [5.41, 5.74) is 9.23. The molecule has 5 nitrogen and oxygen atoms in total. The number of aryl methyl sites for hydroxylation is 2. The van der Waals surface area contributed by atoms with E-state index in [1.165, 1.54) is 16.8 Å². The molecule has 5 heteroatoms. The van der Waals surface area contributed by atoms with Crippen LogP contribution in [0.1, 0.15) is 5.56 Å². The zero-order valence-electron chi connectivity index (χ0n) is 24.6. The molecule has 0 saturated carbocycles. The first kappa shape index (κ1) is 26.6. The summed E-state index contributed by atoms with van der Waals surface area (Å²) in [5, 5.41) is 2.15. The van der Waals surface area contributed by atoms with Crippen molar-refractivity contribution < 1.29 is 18.8 Å². The van der Waals surface area contributed by atoms with Crippen LogP contribution in [0.25, 0.3) is 33.2 Å². The maximum atomic E-state index is 6.00. The minimum Gasteiger partial charge on any atom is -0.496 e. The molecule has 0 fully saturated rings. The van der Waals surface area contributed by atoms with E-state index in [1.807, 2.05) is 18.2 Å². The average Bonchev–Trinajstić information content (AvgIpc) is 3.07. The van der Waals surface area contributed by atoms with Gasteiger partial charge in [0.1, 0.15) is 5.75 Å². The number of nitrogens with zero attached hydrogens (tertiary/aromatic N) is 2. The van der Waals surface area contributed by atoms with Gasteiger partial charge in [-0.25, -0.2) is 0 Å². The van der Waals surface area contributed by atoms with E-state index in [0.717, 1.165) is 69.2 Å². The second kappa shape index (κ2) is 11.2. The summed E-state index contributed by atoms with van der Waals surface area (Å²) in [6, 6.07) is 40.5. The third-order valence-corrected chi connectivity index (χ3v) is 8.29. The number of anilines is 3. The number of rotatable bonds is 7. The van der Waals surface area contributed by atoms with Crippen molar-refractivity contribution in [1.29, 1.82) is 0 Å². The molecule has 1 aromatic heterocycles. The zero-order valence-corrected chi connectivity index (χ0v) is 24.6. The Hall–Kier alpha value is -5.29. The smallest absolute Gasteiger partial charge is 0.213 e. The highest BCUT2D eigenvalue weighted by Gasteiger charge is 2.27. The van der Waals surface area contributed by atoms with E-state index in [4.69, 9.17) is 14.2 Å². The summed E-state index contributed by atoms with van der Waals surface area (Å²) in [6.07, 6.45) is 3.11. The highest BCUT2D eigenvalue weighted by Crippen LogP contribution is 2.42. The predicted octanol–water partition coefficient (Wildman–Crippen LogP) is 8.51. The monoisotopic (exact) mass is 565 g/mol. The zero-order chi connectivity index (χ0) is 29.3. The number of aromatic nitrogens is 1. The lowest BCUT2D eigenvalue weighted by Crippen LogP contribution is -2.40. The van der Waals surface area contributed by atoms with E-state index in [2.05, 4.69) is 113 Å². The molecule has 6 aromatic rings. The number of hydrogen-bond donors (Lipinski definition) is 0. The summed E-state index contributed by atoms with van der Waals surface area (Å²) in [6.45, 7) is 0.881. The number of methoxy groups -OCH3 is 3. The minimum atomic E-state index is 0.736. The fraction of sp³-hybridized carbons (Fsp3) is 0.132. The van der Waals surface area contributed by atoms with Gasteiger partial charge in [0, 0.05) is 35.1 Å². The molecule has 0 saturated heterocycles. The van der Waals surface area contributed by atoms with E-state index in [1.54, 1.807) is 21.3 Å². The van der Waals surface area contributed by atoms with E-state index >= 15 is 0 Å². The fourth-order valence-electron chi connectivity index (χ4n) is 6.19. The lowest BCUT2D eigenvalue weighted by molar-refractivity contribution is -0.686. The van der Waals surface area contributed by atoms with Crippen molar-refractivity contribution in [3.05, 3.63) is 127 Å². The lowest BCUT2D eigenvalue weighted by Gasteiger charge is -2.25. The number of ether oxygens (including phenoxy) is 3. The van der Waals surface area contributed by atoms with Crippen LogP contribution < -0.4 is 23.7 Å². The normalized spacial score (nSPS) is 11.9. The van der Waals surface area contributed by atoms with Gasteiger partial charge in [0.15, 0.2) is 24.2 Å². The largest absolute Gasteiger partial charge is 0.496 e. The molecule has 0 radical (unpaired) electrons. The molecule has 5 aromatic carbocycles. The van der Waals surface area contributed by atoms with Crippen LogP contribution in [-0.4, -0.2) is 21.3 Å². The van der Waals surface area contributed by atoms with Crippen molar-refractivity contribution >= 4 is 27.8 Å². The first-order valence-corrected chi connectivity index (χ1v) is 14.5. The molecule has 0 amide bonds. The quantitative estimate of drug-likeness (QED) is 0.182. The van der Waals surface area contributed by atoms with Crippen LogP contribution in [0.3, 0.4) is 0 Å². The molecule has 43 heavy (non-hydrogen) atoms. The van der Waals surface area contributed by atoms with Crippen LogP contribution in [-0.2, 0) is 13.0 Å². The van der Waals surface area contributed by atoms with E-state index in [0.29, 0.717) is 0 Å². The first-order valence-electron chi connectivity index (χ1n) is 14.5. The molecule has 0 N–H and O–H groups in total. The van der Waals surface area contributed by atoms with Crippen LogP contribution in [0.15, 0.2) is 121 Å². The number of hydrogen-bond acceptors (Lipinski definition) is 4. The van der Waals surface area contributed by atoms with Crippen LogP contribution in [0.2, 0.25) is 0 Å². The molecule has 0 atom stereocenters. The van der Waals surface area contributed by atoms with E-state index in [9.17, 15) is 0 Å². The molecule has 0 bridgehead atoms. The number of para-hydroxylation sites is 2. The van der Waals surface area contributed by atoms with Crippen LogP contribution >= 0.6 is 0 Å². The maximum absolute atomic E-state index is 6.00. The van der Waals surface area contributed by atoms with Gasteiger partial charge >= 0.3 is 0 Å². The summed E-state index contributed by atoms with van der Waals surface area (Å²) in [7, 11) is 5.11. The Balaban J connectivity index is 1.28. The van der Waals surface area contributed by atoms with Gasteiger partial charge in [-0.3, -0.25) is 0 Å². The van der Waals surface area contributed by atoms with Crippen LogP contribution in [0, 0.1) is 0 Å². The Morgan fingerprint density at radius 1 is 0.605 bits per heavy atom. The van der Waals surface area contributed by atoms with E-state index < -0.39 is 0 Å². The van der Waals surface area contributed by atoms with Gasteiger partial charge in [-0.2, -0.15) is 4.57 Å². The van der Waals surface area contributed by atoms with Gasteiger partial charge in [-0.05, 0) is 77.2 Å². The van der Waals surface area contributed by atoms with Crippen molar-refractivity contribution in [2.45, 2.75) is 13.0 Å². The number of benzene rings is 5. The SMILES string of the molecule is COc1cc2c(cc1-c1ccc(N(c3ccccc3)c3ccccc3)cc1)CC[n+]1cc3c(OC)c(OC)ccc3cc1-2. The van der Waals surface area contributed by atoms with Crippen molar-refractivity contribution in [2.24, 2.45) is 0 Å². The van der Waals surface area contributed by atoms with E-state index in [-0.39, 0.29) is 0 Å². The summed E-state index contributed by atoms with van der Waals surface area (Å²) >= 11 is 0. The van der Waals surface area contributed by atoms with Gasteiger partial charge in [0.2, 0.25) is 5.69 Å². The van der Waals surface area contributed by atoms with Gasteiger partial charge in [-0.15, -0.1) is 0 Å². The Bertz CT molecular complexity index is 1880. The maximum Gasteiger partial charge on any atom is 0.213 e. The van der Waals surface area contributed by atoms with Gasteiger partial charge in [-0.1, -0.05) is 48.5 Å². The fourth-order valence-corrected chi connectivity index (χ4v) is 6.19. The number of pyridine rings is 1. The molecular formula is C38H33N2O3+. The highest BCUT2D eigenvalue weighted by atomic mass is 16.5. The second-order valence-electron chi connectivity index (χ2n) is 10.7. The van der Waals surface area contributed by atoms with Crippen molar-refractivity contribution in [1.82, 2.24) is 0 Å². The van der Waals surface area contributed by atoms with Crippen LogP contribution in [0.5, 0.6) is 17.2 Å². The molecule has 2 heterocycles. The Morgan fingerprint density at radius 2 is 1.26 bits per heavy atom. The highest BCUT2D eigenvalue weighted by molar-refractivity contribution is 5.92. The molecule has 1 aliphatic heterocycles. The minimum absolute atomic E-state index is 0.736. The summed E-state index contributed by atoms with van der Waals surface area (Å²) < 4.78 is 19.6. The molecular weight excluding hydrogens is 532 g/mol. The summed E-state index contributed by atoms with van der Waals surface area (Å²) in [5.74, 6) is 2.35. The molecule has 0 unspecified atom stereocenters. The first-order chi connectivity index (χ1) is 21.2. The standard InChI is InChI=1S/C38H33N2O3/c1-41-36-19-16-27-23-35-32-24-37(42-2)33(22-28(32)20-21-39(35)25-34(27)38(36)43-3)26-14-17-31(18-15-26)40(29-10-6-4-7-11-29)30-12-8-5-9-13-30/h4-19,22-25H,20-21H2,1-3H3/q+1. The topological polar surface area (TPSA) is 34.8 Å². The Morgan fingerprint density at radius 3 is 1.88 bits per heavy atom. The molecule has 7 rings (SSSR count). The third-order valence-electron chi connectivity index (χ3n) is 8.29. The van der Waals surface area contributed by atoms with Crippen LogP contribution in [0.4, 0.5) is 17.1 Å².